The van der Waals surface area contributed by atoms with Crippen LogP contribution in [0.15, 0.2) is 48.8 Å². The maximum atomic E-state index is 12.0. The van der Waals surface area contributed by atoms with Crippen LogP contribution in [0.3, 0.4) is 0 Å². The van der Waals surface area contributed by atoms with E-state index in [0.29, 0.717) is 25.7 Å². The summed E-state index contributed by atoms with van der Waals surface area (Å²) in [5.74, 6) is 0.916. The molecule has 0 unspecified atom stereocenters. The number of rotatable bonds is 6. The first-order valence-electron chi connectivity index (χ1n) is 12.2. The Labute approximate surface area is 200 Å². The van der Waals surface area contributed by atoms with Crippen molar-refractivity contribution >= 4 is 17.3 Å². The molecule has 0 radical (unpaired) electrons. The van der Waals surface area contributed by atoms with E-state index in [-0.39, 0.29) is 12.2 Å². The van der Waals surface area contributed by atoms with Crippen molar-refractivity contribution in [3.63, 3.8) is 0 Å². The average Bonchev–Trinajstić information content (AvgIpc) is 3.26. The number of amides is 1. The fraction of sp³-hybridized carbons (Fsp3) is 0.462. The molecule has 2 aromatic heterocycles. The van der Waals surface area contributed by atoms with Crippen LogP contribution in [0, 0.1) is 0 Å². The van der Waals surface area contributed by atoms with Crippen LogP contribution < -0.4 is 9.64 Å². The molecule has 2 aliphatic heterocycles. The van der Waals surface area contributed by atoms with Crippen LogP contribution in [0.2, 0.25) is 0 Å². The van der Waals surface area contributed by atoms with Crippen molar-refractivity contribution in [1.82, 2.24) is 19.4 Å². The van der Waals surface area contributed by atoms with E-state index in [1.54, 1.807) is 4.90 Å². The molecule has 1 aromatic carbocycles. The van der Waals surface area contributed by atoms with Gasteiger partial charge in [0, 0.05) is 63.3 Å². The third kappa shape index (κ3) is 4.55. The normalized spacial score (nSPS) is 17.3. The quantitative estimate of drug-likeness (QED) is 0.555. The number of nitrogens with zero attached hydrogens (tertiary/aromatic N) is 5. The molecule has 0 aliphatic carbocycles. The van der Waals surface area contributed by atoms with Gasteiger partial charge in [0.25, 0.3) is 0 Å². The van der Waals surface area contributed by atoms with Gasteiger partial charge in [-0.3, -0.25) is 4.90 Å². The van der Waals surface area contributed by atoms with Crippen LogP contribution in [0.25, 0.3) is 16.6 Å². The lowest BCUT2D eigenvalue weighted by atomic mass is 10.1. The van der Waals surface area contributed by atoms with Gasteiger partial charge >= 0.3 is 6.09 Å². The minimum absolute atomic E-state index is 0.228. The third-order valence-corrected chi connectivity index (χ3v) is 6.73. The van der Waals surface area contributed by atoms with E-state index in [1.165, 1.54) is 0 Å². The molecule has 3 aromatic rings. The van der Waals surface area contributed by atoms with Gasteiger partial charge in [-0.25, -0.2) is 9.31 Å². The number of benzene rings is 1. The monoisotopic (exact) mass is 463 g/mol. The summed E-state index contributed by atoms with van der Waals surface area (Å²) in [7, 11) is 0. The van der Waals surface area contributed by atoms with Crippen molar-refractivity contribution in [1.29, 1.82) is 0 Å². The van der Waals surface area contributed by atoms with E-state index in [2.05, 4.69) is 71.3 Å². The molecule has 180 valence electrons. The maximum absolute atomic E-state index is 12.0. The number of carbonyl (C=O) groups is 1. The van der Waals surface area contributed by atoms with Gasteiger partial charge in [0.2, 0.25) is 0 Å². The van der Waals surface area contributed by atoms with Crippen LogP contribution in [-0.4, -0.2) is 83.5 Å². The molecule has 0 saturated carbocycles. The first-order valence-corrected chi connectivity index (χ1v) is 12.2. The second-order valence-corrected chi connectivity index (χ2v) is 9.26. The fourth-order valence-electron chi connectivity index (χ4n) is 4.65. The molecule has 0 atom stereocenters. The highest BCUT2D eigenvalue weighted by Crippen LogP contribution is 2.30. The van der Waals surface area contributed by atoms with Gasteiger partial charge in [-0.15, -0.1) is 0 Å². The summed E-state index contributed by atoms with van der Waals surface area (Å²) in [4.78, 5) is 18.5. The van der Waals surface area contributed by atoms with E-state index in [4.69, 9.17) is 9.47 Å². The number of hydrogen-bond donors (Lipinski definition) is 0. The standard InChI is InChI=1S/C26H33N5O3/c1-4-33-26(32)29-13-11-28(12-14-29)24-9-10-27-31-16-21(15-25(24)31)20-5-7-22(8-6-20)34-23-17-30(18-23)19(2)3/h5-10,15-16,19,23H,4,11-14,17-18H2,1-3H3. The highest BCUT2D eigenvalue weighted by molar-refractivity contribution is 5.80. The molecular weight excluding hydrogens is 430 g/mol. The molecule has 5 rings (SSSR count). The van der Waals surface area contributed by atoms with Crippen LogP contribution in [-0.2, 0) is 4.74 Å². The lowest BCUT2D eigenvalue weighted by molar-refractivity contribution is 0.000160. The zero-order valence-corrected chi connectivity index (χ0v) is 20.2. The molecule has 8 heteroatoms. The SMILES string of the molecule is CCOC(=O)N1CCN(c2ccnn3cc(-c4ccc(OC5CN(C(C)C)C5)cc4)cc23)CC1. The molecule has 0 N–H and O–H groups in total. The van der Waals surface area contributed by atoms with Crippen LogP contribution in [0.5, 0.6) is 5.75 Å². The van der Waals surface area contributed by atoms with Crippen molar-refractivity contribution in [3.8, 4) is 16.9 Å². The molecule has 8 nitrogen and oxygen atoms in total. The predicted molar refractivity (Wildman–Crippen MR) is 133 cm³/mol. The molecule has 0 bridgehead atoms. The van der Waals surface area contributed by atoms with E-state index in [9.17, 15) is 4.79 Å². The van der Waals surface area contributed by atoms with E-state index >= 15 is 0 Å². The van der Waals surface area contributed by atoms with Crippen molar-refractivity contribution < 1.29 is 14.3 Å². The summed E-state index contributed by atoms with van der Waals surface area (Å²) >= 11 is 0. The summed E-state index contributed by atoms with van der Waals surface area (Å²) in [6, 6.07) is 13.1. The minimum Gasteiger partial charge on any atom is -0.488 e. The minimum atomic E-state index is -0.228. The zero-order valence-electron chi connectivity index (χ0n) is 20.2. The summed E-state index contributed by atoms with van der Waals surface area (Å²) < 4.78 is 13.2. The summed E-state index contributed by atoms with van der Waals surface area (Å²) in [6.07, 6.45) is 3.95. The number of aromatic nitrogens is 2. The largest absolute Gasteiger partial charge is 0.488 e. The van der Waals surface area contributed by atoms with Gasteiger partial charge in [-0.2, -0.15) is 5.10 Å². The molecule has 2 saturated heterocycles. The number of ether oxygens (including phenoxy) is 2. The average molecular weight is 464 g/mol. The van der Waals surface area contributed by atoms with Gasteiger partial charge in [-0.05, 0) is 50.6 Å². The fourth-order valence-corrected chi connectivity index (χ4v) is 4.65. The first-order chi connectivity index (χ1) is 16.5. The number of piperazine rings is 1. The second kappa shape index (κ2) is 9.54. The van der Waals surface area contributed by atoms with Crippen molar-refractivity contribution in [2.75, 3.05) is 50.8 Å². The summed E-state index contributed by atoms with van der Waals surface area (Å²) in [6.45, 7) is 11.5. The third-order valence-electron chi connectivity index (χ3n) is 6.73. The molecule has 2 fully saturated rings. The molecular formula is C26H33N5O3. The van der Waals surface area contributed by atoms with Crippen LogP contribution in [0.4, 0.5) is 10.5 Å². The second-order valence-electron chi connectivity index (χ2n) is 9.26. The molecule has 4 heterocycles. The smallest absolute Gasteiger partial charge is 0.409 e. The van der Waals surface area contributed by atoms with Gasteiger partial charge in [0.15, 0.2) is 0 Å². The number of hydrogen-bond acceptors (Lipinski definition) is 6. The topological polar surface area (TPSA) is 62.6 Å². The zero-order chi connectivity index (χ0) is 23.7. The Morgan fingerprint density at radius 2 is 1.79 bits per heavy atom. The molecule has 34 heavy (non-hydrogen) atoms. The van der Waals surface area contributed by atoms with Crippen LogP contribution >= 0.6 is 0 Å². The Morgan fingerprint density at radius 1 is 1.06 bits per heavy atom. The number of carbonyl (C=O) groups excluding carboxylic acids is 1. The Hall–Kier alpha value is -3.26. The Morgan fingerprint density at radius 3 is 2.47 bits per heavy atom. The maximum Gasteiger partial charge on any atom is 0.409 e. The van der Waals surface area contributed by atoms with E-state index in [0.717, 1.165) is 54.3 Å². The Bertz CT molecular complexity index is 1130. The molecule has 0 spiro atoms. The molecule has 2 aliphatic rings. The highest BCUT2D eigenvalue weighted by Gasteiger charge is 2.30. The predicted octanol–water partition coefficient (Wildman–Crippen LogP) is 3.75. The number of likely N-dealkylation sites (tertiary alicyclic amines) is 1. The van der Waals surface area contributed by atoms with Crippen molar-refractivity contribution in [2.45, 2.75) is 32.9 Å². The summed E-state index contributed by atoms with van der Waals surface area (Å²) in [5.41, 5.74) is 4.44. The van der Waals surface area contributed by atoms with E-state index < -0.39 is 0 Å². The summed E-state index contributed by atoms with van der Waals surface area (Å²) in [5, 5.41) is 4.52. The van der Waals surface area contributed by atoms with Crippen molar-refractivity contribution in [2.24, 2.45) is 0 Å². The first kappa shape index (κ1) is 22.5. The van der Waals surface area contributed by atoms with Gasteiger partial charge in [0.1, 0.15) is 11.9 Å². The van der Waals surface area contributed by atoms with Crippen LogP contribution in [0.1, 0.15) is 20.8 Å². The lowest BCUT2D eigenvalue weighted by Crippen LogP contribution is -2.56. The number of fused-ring (bicyclic) bond motifs is 1. The van der Waals surface area contributed by atoms with Gasteiger partial charge in [0.05, 0.1) is 17.8 Å². The highest BCUT2D eigenvalue weighted by atomic mass is 16.6. The van der Waals surface area contributed by atoms with Gasteiger partial charge < -0.3 is 19.3 Å². The van der Waals surface area contributed by atoms with E-state index in [1.807, 2.05) is 17.6 Å². The van der Waals surface area contributed by atoms with Gasteiger partial charge in [-0.1, -0.05) is 12.1 Å². The number of anilines is 1. The Kier molecular flexibility index (Phi) is 6.32. The molecule has 1 amide bonds. The van der Waals surface area contributed by atoms with Crippen molar-refractivity contribution in [3.05, 3.63) is 48.8 Å². The Balaban J connectivity index is 1.27. The lowest BCUT2D eigenvalue weighted by Gasteiger charge is -2.41.